The predicted octanol–water partition coefficient (Wildman–Crippen LogP) is 2.31. The van der Waals surface area contributed by atoms with Crippen LogP contribution in [0.25, 0.3) is 0 Å². The fraction of sp³-hybridized carbons (Fsp3) is 0.600. The van der Waals surface area contributed by atoms with Crippen LogP contribution in [0.2, 0.25) is 0 Å². The van der Waals surface area contributed by atoms with Crippen molar-refractivity contribution in [1.29, 1.82) is 0 Å². The number of aliphatic hydroxyl groups is 1. The summed E-state index contributed by atoms with van der Waals surface area (Å²) in [6.07, 6.45) is -0.643. The second kappa shape index (κ2) is 7.95. The average molecular weight is 296 g/mol. The van der Waals surface area contributed by atoms with Gasteiger partial charge in [-0.25, -0.2) is 0 Å². The molecule has 0 bridgehead atoms. The maximum absolute atomic E-state index is 10.7. The molecule has 1 aromatic rings. The maximum Gasteiger partial charge on any atom is 0.273 e. The summed E-state index contributed by atoms with van der Waals surface area (Å²) < 4.78 is 5.42. The first kappa shape index (κ1) is 17.4. The smallest absolute Gasteiger partial charge is 0.273 e. The molecule has 0 saturated carbocycles. The van der Waals surface area contributed by atoms with Crippen LogP contribution in [0.3, 0.4) is 0 Å². The molecule has 1 N–H and O–H groups in total. The summed E-state index contributed by atoms with van der Waals surface area (Å²) in [5.41, 5.74) is -0.0208. The predicted molar refractivity (Wildman–Crippen MR) is 81.5 cm³/mol. The molecule has 118 valence electrons. The lowest BCUT2D eigenvalue weighted by molar-refractivity contribution is -0.384. The van der Waals surface area contributed by atoms with Gasteiger partial charge in [0.25, 0.3) is 5.69 Å². The van der Waals surface area contributed by atoms with Crippen LogP contribution in [0, 0.1) is 16.0 Å². The van der Waals surface area contributed by atoms with Crippen LogP contribution < -0.4 is 4.74 Å². The van der Waals surface area contributed by atoms with Crippen LogP contribution in [0.4, 0.5) is 5.69 Å². The molecule has 0 aliphatic heterocycles. The van der Waals surface area contributed by atoms with Crippen LogP contribution in [-0.4, -0.2) is 47.3 Å². The number of nitro groups is 1. The highest BCUT2D eigenvalue weighted by molar-refractivity contribution is 5.37. The van der Waals surface area contributed by atoms with Crippen LogP contribution in [0.15, 0.2) is 24.3 Å². The molecular weight excluding hydrogens is 272 g/mol. The Bertz CT molecular complexity index is 465. The largest absolute Gasteiger partial charge is 0.491 e. The molecule has 0 amide bonds. The zero-order chi connectivity index (χ0) is 16.0. The molecule has 0 heterocycles. The van der Waals surface area contributed by atoms with Crippen molar-refractivity contribution in [2.75, 3.05) is 20.2 Å². The van der Waals surface area contributed by atoms with E-state index in [1.807, 2.05) is 7.05 Å². The molecule has 6 nitrogen and oxygen atoms in total. The first-order chi connectivity index (χ1) is 9.81. The lowest BCUT2D eigenvalue weighted by atomic mass is 10.1. The first-order valence-corrected chi connectivity index (χ1v) is 7.06. The van der Waals surface area contributed by atoms with E-state index in [1.54, 1.807) is 12.1 Å². The van der Waals surface area contributed by atoms with Gasteiger partial charge in [0, 0.05) is 18.7 Å². The Kier molecular flexibility index (Phi) is 6.58. The van der Waals surface area contributed by atoms with Crippen molar-refractivity contribution in [1.82, 2.24) is 4.90 Å². The number of aliphatic hydroxyl groups excluding tert-OH is 1. The fourth-order valence-electron chi connectivity index (χ4n) is 1.94. The molecule has 0 unspecified atom stereocenters. The van der Waals surface area contributed by atoms with E-state index in [-0.39, 0.29) is 12.3 Å². The van der Waals surface area contributed by atoms with Gasteiger partial charge >= 0.3 is 0 Å². The van der Waals surface area contributed by atoms with Crippen molar-refractivity contribution >= 4 is 5.69 Å². The molecule has 0 aliphatic rings. The van der Waals surface area contributed by atoms with Gasteiger partial charge in [-0.3, -0.25) is 10.1 Å². The van der Waals surface area contributed by atoms with Crippen molar-refractivity contribution in [2.45, 2.75) is 32.9 Å². The zero-order valence-electron chi connectivity index (χ0n) is 13.0. The molecule has 6 heteroatoms. The average Bonchev–Trinajstić information content (AvgIpc) is 2.44. The normalized spacial score (nSPS) is 14.2. The standard InChI is InChI=1S/C15H24N2O4/c1-11(2)12(3)16(4)9-14(18)10-21-15-7-5-6-13(8-15)17(19)20/h5-8,11-12,14,18H,9-10H2,1-4H3/t12-,14+/m1/s1. The van der Waals surface area contributed by atoms with Gasteiger partial charge in [-0.1, -0.05) is 19.9 Å². The van der Waals surface area contributed by atoms with E-state index in [2.05, 4.69) is 25.7 Å². The van der Waals surface area contributed by atoms with E-state index in [1.165, 1.54) is 12.1 Å². The second-order valence-corrected chi connectivity index (χ2v) is 5.64. The van der Waals surface area contributed by atoms with Gasteiger partial charge in [0.05, 0.1) is 11.0 Å². The van der Waals surface area contributed by atoms with Gasteiger partial charge in [0.2, 0.25) is 0 Å². The minimum absolute atomic E-state index is 0.0208. The van der Waals surface area contributed by atoms with Crippen molar-refractivity contribution in [3.05, 3.63) is 34.4 Å². The third-order valence-corrected chi connectivity index (χ3v) is 3.63. The van der Waals surface area contributed by atoms with E-state index in [9.17, 15) is 15.2 Å². The molecular formula is C15H24N2O4. The Morgan fingerprint density at radius 2 is 2.05 bits per heavy atom. The molecule has 0 aliphatic carbocycles. The van der Waals surface area contributed by atoms with Crippen molar-refractivity contribution < 1.29 is 14.8 Å². The monoisotopic (exact) mass is 296 g/mol. The molecule has 0 spiro atoms. The highest BCUT2D eigenvalue weighted by atomic mass is 16.6. The Balaban J connectivity index is 2.48. The van der Waals surface area contributed by atoms with E-state index >= 15 is 0 Å². The summed E-state index contributed by atoms with van der Waals surface area (Å²) >= 11 is 0. The third kappa shape index (κ3) is 5.69. The SMILES string of the molecule is CC(C)[C@@H](C)N(C)C[C@H](O)COc1cccc([N+](=O)[O-])c1. The van der Waals surface area contributed by atoms with Gasteiger partial charge in [-0.15, -0.1) is 0 Å². The highest BCUT2D eigenvalue weighted by Gasteiger charge is 2.17. The van der Waals surface area contributed by atoms with E-state index in [4.69, 9.17) is 4.74 Å². The minimum atomic E-state index is -0.643. The summed E-state index contributed by atoms with van der Waals surface area (Å²) in [6, 6.07) is 6.32. The summed E-state index contributed by atoms with van der Waals surface area (Å²) in [7, 11) is 1.96. The maximum atomic E-state index is 10.7. The van der Waals surface area contributed by atoms with Crippen molar-refractivity contribution in [3.8, 4) is 5.75 Å². The summed E-state index contributed by atoms with van der Waals surface area (Å²) in [5, 5.41) is 20.7. The van der Waals surface area contributed by atoms with Gasteiger partial charge < -0.3 is 14.7 Å². The van der Waals surface area contributed by atoms with Crippen LogP contribution >= 0.6 is 0 Å². The van der Waals surface area contributed by atoms with Gasteiger partial charge in [0.1, 0.15) is 18.5 Å². The number of nitrogens with zero attached hydrogens (tertiary/aromatic N) is 2. The van der Waals surface area contributed by atoms with Crippen LogP contribution in [0.1, 0.15) is 20.8 Å². The number of ether oxygens (including phenoxy) is 1. The van der Waals surface area contributed by atoms with Crippen LogP contribution in [-0.2, 0) is 0 Å². The molecule has 0 fully saturated rings. The number of hydrogen-bond donors (Lipinski definition) is 1. The zero-order valence-corrected chi connectivity index (χ0v) is 13.0. The van der Waals surface area contributed by atoms with E-state index in [0.29, 0.717) is 24.3 Å². The number of likely N-dealkylation sites (N-methyl/N-ethyl adjacent to an activating group) is 1. The lowest BCUT2D eigenvalue weighted by Crippen LogP contribution is -2.40. The molecule has 0 aromatic heterocycles. The highest BCUT2D eigenvalue weighted by Crippen LogP contribution is 2.19. The summed E-state index contributed by atoms with van der Waals surface area (Å²) in [6.45, 7) is 6.98. The second-order valence-electron chi connectivity index (χ2n) is 5.64. The molecule has 1 rings (SSSR count). The Hall–Kier alpha value is -1.66. The lowest BCUT2D eigenvalue weighted by Gasteiger charge is -2.29. The van der Waals surface area contributed by atoms with E-state index < -0.39 is 11.0 Å². The Morgan fingerprint density at radius 1 is 1.38 bits per heavy atom. The topological polar surface area (TPSA) is 75.8 Å². The Morgan fingerprint density at radius 3 is 2.62 bits per heavy atom. The quantitative estimate of drug-likeness (QED) is 0.588. The summed E-state index contributed by atoms with van der Waals surface area (Å²) in [5.74, 6) is 0.891. The number of benzene rings is 1. The first-order valence-electron chi connectivity index (χ1n) is 7.06. The fourth-order valence-corrected chi connectivity index (χ4v) is 1.94. The van der Waals surface area contributed by atoms with Crippen molar-refractivity contribution in [2.24, 2.45) is 5.92 Å². The van der Waals surface area contributed by atoms with Gasteiger partial charge in [0.15, 0.2) is 0 Å². The number of hydrogen-bond acceptors (Lipinski definition) is 5. The van der Waals surface area contributed by atoms with E-state index in [0.717, 1.165) is 0 Å². The van der Waals surface area contributed by atoms with Gasteiger partial charge in [-0.2, -0.15) is 0 Å². The van der Waals surface area contributed by atoms with Gasteiger partial charge in [-0.05, 0) is 26.0 Å². The third-order valence-electron chi connectivity index (χ3n) is 3.63. The molecule has 21 heavy (non-hydrogen) atoms. The number of nitro benzene ring substituents is 1. The molecule has 0 saturated heterocycles. The minimum Gasteiger partial charge on any atom is -0.491 e. The Labute approximate surface area is 125 Å². The molecule has 0 radical (unpaired) electrons. The number of rotatable bonds is 8. The van der Waals surface area contributed by atoms with Crippen LogP contribution in [0.5, 0.6) is 5.75 Å². The summed E-state index contributed by atoms with van der Waals surface area (Å²) in [4.78, 5) is 12.3. The van der Waals surface area contributed by atoms with Crippen molar-refractivity contribution in [3.63, 3.8) is 0 Å². The molecule has 1 aromatic carbocycles. The molecule has 2 atom stereocenters. The number of non-ortho nitro benzene ring substituents is 1.